The van der Waals surface area contributed by atoms with Crippen molar-refractivity contribution in [2.24, 2.45) is 0 Å². The van der Waals surface area contributed by atoms with Crippen LogP contribution in [0, 0.1) is 11.3 Å². The number of halogens is 4. The first-order valence-corrected chi connectivity index (χ1v) is 11.2. The molecule has 0 atom stereocenters. The van der Waals surface area contributed by atoms with E-state index in [0.717, 1.165) is 12.1 Å². The molecule has 12 heteroatoms. The number of rotatable bonds is 5. The van der Waals surface area contributed by atoms with E-state index in [1.807, 2.05) is 6.07 Å². The zero-order chi connectivity index (χ0) is 23.5. The van der Waals surface area contributed by atoms with Crippen molar-refractivity contribution >= 4 is 33.2 Å². The molecule has 2 aromatic rings. The zero-order valence-corrected chi connectivity index (χ0v) is 18.1. The van der Waals surface area contributed by atoms with Crippen molar-refractivity contribution in [1.29, 1.82) is 5.26 Å². The molecule has 0 unspecified atom stereocenters. The quantitative estimate of drug-likeness (QED) is 0.700. The molecule has 1 N–H and O–H groups in total. The number of alkyl halides is 3. The van der Waals surface area contributed by atoms with Crippen LogP contribution < -0.4 is 5.32 Å². The minimum absolute atomic E-state index is 0.0194. The SMILES string of the molecule is N#Cc1cccc(S(=O)(=O)N2CCN(CC(=O)Nc3ccc(Cl)c(C(F)(F)F)c3)CC2)c1. The fourth-order valence-corrected chi connectivity index (χ4v) is 4.92. The Morgan fingerprint density at radius 3 is 2.44 bits per heavy atom. The highest BCUT2D eigenvalue weighted by Crippen LogP contribution is 2.36. The second-order valence-electron chi connectivity index (χ2n) is 7.06. The molecule has 1 heterocycles. The molecule has 1 amide bonds. The molecule has 32 heavy (non-hydrogen) atoms. The largest absolute Gasteiger partial charge is 0.417 e. The van der Waals surface area contributed by atoms with Crippen molar-refractivity contribution in [1.82, 2.24) is 9.21 Å². The first-order chi connectivity index (χ1) is 15.0. The van der Waals surface area contributed by atoms with E-state index in [9.17, 15) is 26.4 Å². The standard InChI is InChI=1S/C20H18ClF3N4O3S/c21-18-5-4-15(11-17(18)20(22,23)24)26-19(29)13-27-6-8-28(9-7-27)32(30,31)16-3-1-2-14(10-16)12-25/h1-5,10-11H,6-9,13H2,(H,26,29). The van der Waals surface area contributed by atoms with Gasteiger partial charge >= 0.3 is 6.18 Å². The number of nitrogens with one attached hydrogen (secondary N) is 1. The smallest absolute Gasteiger partial charge is 0.325 e. The molecule has 170 valence electrons. The summed E-state index contributed by atoms with van der Waals surface area (Å²) in [7, 11) is -3.78. The van der Waals surface area contributed by atoms with E-state index in [0.29, 0.717) is 0 Å². The molecule has 1 fully saturated rings. The van der Waals surface area contributed by atoms with Gasteiger partial charge in [0.1, 0.15) is 0 Å². The van der Waals surface area contributed by atoms with Crippen molar-refractivity contribution in [2.75, 3.05) is 38.0 Å². The highest BCUT2D eigenvalue weighted by atomic mass is 35.5. The van der Waals surface area contributed by atoms with Crippen LogP contribution in [0.15, 0.2) is 47.4 Å². The van der Waals surface area contributed by atoms with Crippen LogP contribution in [-0.4, -0.2) is 56.3 Å². The van der Waals surface area contributed by atoms with Gasteiger partial charge < -0.3 is 5.32 Å². The van der Waals surface area contributed by atoms with Crippen LogP contribution in [0.1, 0.15) is 11.1 Å². The lowest BCUT2D eigenvalue weighted by atomic mass is 10.2. The van der Waals surface area contributed by atoms with Crippen LogP contribution in [0.25, 0.3) is 0 Å². The summed E-state index contributed by atoms with van der Waals surface area (Å²) >= 11 is 5.57. The Morgan fingerprint density at radius 1 is 1.12 bits per heavy atom. The van der Waals surface area contributed by atoms with Crippen molar-refractivity contribution in [3.8, 4) is 6.07 Å². The summed E-state index contributed by atoms with van der Waals surface area (Å²) in [5.41, 5.74) is -0.848. The highest BCUT2D eigenvalue weighted by Gasteiger charge is 2.33. The lowest BCUT2D eigenvalue weighted by Gasteiger charge is -2.33. The summed E-state index contributed by atoms with van der Waals surface area (Å²) in [6.45, 7) is 0.678. The summed E-state index contributed by atoms with van der Waals surface area (Å²) < 4.78 is 65.7. The number of piperazine rings is 1. The van der Waals surface area contributed by atoms with Crippen molar-refractivity contribution in [2.45, 2.75) is 11.1 Å². The Balaban J connectivity index is 1.58. The van der Waals surface area contributed by atoms with Gasteiger partial charge in [-0.25, -0.2) is 8.42 Å². The molecule has 0 saturated carbocycles. The molecule has 3 rings (SSSR count). The van der Waals surface area contributed by atoms with E-state index in [1.165, 1.54) is 34.6 Å². The summed E-state index contributed by atoms with van der Waals surface area (Å²) in [5.74, 6) is -0.529. The number of carbonyl (C=O) groups excluding carboxylic acids is 1. The van der Waals surface area contributed by atoms with Crippen molar-refractivity contribution < 1.29 is 26.4 Å². The minimum Gasteiger partial charge on any atom is -0.325 e. The lowest BCUT2D eigenvalue weighted by Crippen LogP contribution is -2.50. The fraction of sp³-hybridized carbons (Fsp3) is 0.300. The topological polar surface area (TPSA) is 93.5 Å². The van der Waals surface area contributed by atoms with Gasteiger partial charge in [0.05, 0.1) is 33.7 Å². The van der Waals surface area contributed by atoms with Gasteiger partial charge in [0.15, 0.2) is 0 Å². The third-order valence-electron chi connectivity index (χ3n) is 4.85. The third-order valence-corrected chi connectivity index (χ3v) is 7.08. The Labute approximate surface area is 188 Å². The Hall–Kier alpha value is -2.65. The van der Waals surface area contributed by atoms with Gasteiger partial charge in [-0.05, 0) is 36.4 Å². The maximum Gasteiger partial charge on any atom is 0.417 e. The number of benzene rings is 2. The van der Waals surface area contributed by atoms with Crippen LogP contribution in [0.2, 0.25) is 5.02 Å². The number of nitrogens with zero attached hydrogens (tertiary/aromatic N) is 3. The van der Waals surface area contributed by atoms with Gasteiger partial charge in [-0.3, -0.25) is 9.69 Å². The van der Waals surface area contributed by atoms with E-state index < -0.39 is 32.7 Å². The molecule has 0 spiro atoms. The van der Waals surface area contributed by atoms with Crippen LogP contribution in [0.5, 0.6) is 0 Å². The predicted molar refractivity (Wildman–Crippen MR) is 111 cm³/mol. The molecule has 1 saturated heterocycles. The van der Waals surface area contributed by atoms with Crippen molar-refractivity contribution in [3.63, 3.8) is 0 Å². The Morgan fingerprint density at radius 2 is 1.81 bits per heavy atom. The van der Waals surface area contributed by atoms with Crippen LogP contribution >= 0.6 is 11.6 Å². The second-order valence-corrected chi connectivity index (χ2v) is 9.41. The van der Waals surface area contributed by atoms with Crippen LogP contribution in [0.3, 0.4) is 0 Å². The molecular formula is C20H18ClF3N4O3S. The van der Waals surface area contributed by atoms with E-state index in [4.69, 9.17) is 16.9 Å². The Bertz CT molecular complexity index is 1160. The minimum atomic E-state index is -4.65. The first-order valence-electron chi connectivity index (χ1n) is 9.40. The molecule has 0 aliphatic carbocycles. The van der Waals surface area contributed by atoms with E-state index in [-0.39, 0.29) is 48.9 Å². The number of amides is 1. The van der Waals surface area contributed by atoms with Gasteiger partial charge in [0, 0.05) is 31.9 Å². The zero-order valence-electron chi connectivity index (χ0n) is 16.6. The maximum absolute atomic E-state index is 13.0. The molecule has 1 aliphatic heterocycles. The van der Waals surface area contributed by atoms with E-state index >= 15 is 0 Å². The summed E-state index contributed by atoms with van der Waals surface area (Å²) in [4.78, 5) is 14.0. The lowest BCUT2D eigenvalue weighted by molar-refractivity contribution is -0.137. The van der Waals surface area contributed by atoms with Crippen molar-refractivity contribution in [3.05, 3.63) is 58.6 Å². The number of hydrogen-bond acceptors (Lipinski definition) is 5. The molecular weight excluding hydrogens is 469 g/mol. The average molecular weight is 487 g/mol. The second kappa shape index (κ2) is 9.46. The molecule has 2 aromatic carbocycles. The monoisotopic (exact) mass is 486 g/mol. The van der Waals surface area contributed by atoms with Crippen LogP contribution in [0.4, 0.5) is 18.9 Å². The van der Waals surface area contributed by atoms with Gasteiger partial charge in [0.2, 0.25) is 15.9 Å². The van der Waals surface area contributed by atoms with Crippen LogP contribution in [-0.2, 0) is 21.0 Å². The number of hydrogen-bond donors (Lipinski definition) is 1. The first kappa shape index (κ1) is 24.0. The average Bonchev–Trinajstić information content (AvgIpc) is 2.74. The summed E-state index contributed by atoms with van der Waals surface area (Å²) in [5, 5.41) is 10.9. The molecule has 1 aliphatic rings. The van der Waals surface area contributed by atoms with Gasteiger partial charge in [0.25, 0.3) is 0 Å². The highest BCUT2D eigenvalue weighted by molar-refractivity contribution is 7.89. The number of nitriles is 1. The summed E-state index contributed by atoms with van der Waals surface area (Å²) in [6, 6.07) is 10.7. The predicted octanol–water partition coefficient (Wildman–Crippen LogP) is 3.18. The van der Waals surface area contributed by atoms with E-state index in [1.54, 1.807) is 4.90 Å². The van der Waals surface area contributed by atoms with Gasteiger partial charge in [-0.15, -0.1) is 0 Å². The summed E-state index contributed by atoms with van der Waals surface area (Å²) in [6.07, 6.45) is -4.65. The number of anilines is 1. The molecule has 0 bridgehead atoms. The normalized spacial score (nSPS) is 15.8. The number of carbonyl (C=O) groups is 1. The third kappa shape index (κ3) is 5.58. The molecule has 0 radical (unpaired) electrons. The molecule has 0 aromatic heterocycles. The molecule has 7 nitrogen and oxygen atoms in total. The fourth-order valence-electron chi connectivity index (χ4n) is 3.23. The maximum atomic E-state index is 13.0. The number of sulfonamides is 1. The van der Waals surface area contributed by atoms with E-state index in [2.05, 4.69) is 5.32 Å². The van der Waals surface area contributed by atoms with Gasteiger partial charge in [-0.2, -0.15) is 22.7 Å². The Kier molecular flexibility index (Phi) is 7.09. The van der Waals surface area contributed by atoms with Gasteiger partial charge in [-0.1, -0.05) is 17.7 Å².